The van der Waals surface area contributed by atoms with Gasteiger partial charge in [-0.1, -0.05) is 59.4 Å². The minimum Gasteiger partial charge on any atom is -0.468 e. The van der Waals surface area contributed by atoms with E-state index in [4.69, 9.17) is 4.74 Å². The van der Waals surface area contributed by atoms with Gasteiger partial charge in [-0.3, -0.25) is 9.69 Å². The van der Waals surface area contributed by atoms with Gasteiger partial charge in [-0.25, -0.2) is 0 Å². The predicted molar refractivity (Wildman–Crippen MR) is 108 cm³/mol. The number of hydrogen-bond acceptors (Lipinski definition) is 3. The molecule has 0 spiro atoms. The summed E-state index contributed by atoms with van der Waals surface area (Å²) in [4.78, 5) is 18.9. The molecule has 25 heavy (non-hydrogen) atoms. The number of methoxy groups -OCH3 is 1. The molecule has 4 rings (SSSR count). The van der Waals surface area contributed by atoms with Crippen LogP contribution in [-0.4, -0.2) is 36.1 Å². The molecule has 0 aliphatic carbocycles. The fourth-order valence-electron chi connectivity index (χ4n) is 4.33. The van der Waals surface area contributed by atoms with Gasteiger partial charge in [-0.15, -0.1) is 0 Å². The van der Waals surface area contributed by atoms with Crippen LogP contribution in [0.5, 0.6) is 0 Å². The van der Waals surface area contributed by atoms with E-state index in [1.54, 1.807) is 0 Å². The van der Waals surface area contributed by atoms with Gasteiger partial charge in [0.2, 0.25) is 0 Å². The van der Waals surface area contributed by atoms with Crippen LogP contribution in [-0.2, 0) is 19.5 Å². The number of benzene rings is 1. The SMILES string of the molecule is CCC1=C[C@@H]2CN(C1)Cc1c([nH]c3ccccc13)[C@](I)(C(=O)OC)C2. The average molecular weight is 450 g/mol. The van der Waals surface area contributed by atoms with Crippen molar-refractivity contribution in [1.29, 1.82) is 0 Å². The lowest BCUT2D eigenvalue weighted by atomic mass is 9.84. The van der Waals surface area contributed by atoms with Crippen molar-refractivity contribution >= 4 is 39.5 Å². The van der Waals surface area contributed by atoms with Crippen LogP contribution in [0.4, 0.5) is 0 Å². The van der Waals surface area contributed by atoms with Crippen LogP contribution in [0.1, 0.15) is 31.0 Å². The summed E-state index contributed by atoms with van der Waals surface area (Å²) in [5, 5.41) is 1.22. The summed E-state index contributed by atoms with van der Waals surface area (Å²) in [6.07, 6.45) is 4.22. The van der Waals surface area contributed by atoms with Crippen LogP contribution < -0.4 is 0 Å². The van der Waals surface area contributed by atoms with Crippen LogP contribution in [0.25, 0.3) is 10.9 Å². The van der Waals surface area contributed by atoms with Crippen molar-refractivity contribution in [3.8, 4) is 0 Å². The third-order valence-corrected chi connectivity index (χ3v) is 6.91. The molecule has 1 aromatic heterocycles. The second-order valence-electron chi connectivity index (χ2n) is 7.13. The molecule has 3 heterocycles. The zero-order valence-electron chi connectivity index (χ0n) is 14.6. The van der Waals surface area contributed by atoms with E-state index in [1.807, 2.05) is 6.07 Å². The third kappa shape index (κ3) is 2.81. The highest BCUT2D eigenvalue weighted by Crippen LogP contribution is 2.46. The first kappa shape index (κ1) is 17.1. The average Bonchev–Trinajstić information content (AvgIpc) is 2.99. The second kappa shape index (κ2) is 6.43. The van der Waals surface area contributed by atoms with Crippen LogP contribution in [0.3, 0.4) is 0 Å². The number of nitrogens with one attached hydrogen (secondary N) is 1. The Labute approximate surface area is 161 Å². The van der Waals surface area contributed by atoms with Crippen molar-refractivity contribution in [2.45, 2.75) is 29.7 Å². The number of aromatic amines is 1. The largest absolute Gasteiger partial charge is 0.468 e. The van der Waals surface area contributed by atoms with Gasteiger partial charge in [0.15, 0.2) is 3.42 Å². The fourth-order valence-corrected chi connectivity index (χ4v) is 5.58. The van der Waals surface area contributed by atoms with Gasteiger partial charge < -0.3 is 9.72 Å². The first-order valence-corrected chi connectivity index (χ1v) is 9.92. The van der Waals surface area contributed by atoms with Crippen molar-refractivity contribution in [2.24, 2.45) is 5.92 Å². The topological polar surface area (TPSA) is 45.3 Å². The molecule has 2 aliphatic heterocycles. The van der Waals surface area contributed by atoms with Crippen LogP contribution in [0.15, 0.2) is 35.9 Å². The summed E-state index contributed by atoms with van der Waals surface area (Å²) in [6.45, 7) is 5.12. The Kier molecular flexibility index (Phi) is 4.40. The van der Waals surface area contributed by atoms with Gasteiger partial charge in [-0.2, -0.15) is 0 Å². The number of aromatic nitrogens is 1. The highest BCUT2D eigenvalue weighted by molar-refractivity contribution is 14.1. The van der Waals surface area contributed by atoms with E-state index in [0.717, 1.165) is 43.7 Å². The summed E-state index contributed by atoms with van der Waals surface area (Å²) >= 11 is 2.32. The summed E-state index contributed by atoms with van der Waals surface area (Å²) in [5.41, 5.74) is 4.83. The number of carbonyl (C=O) groups is 1. The third-order valence-electron chi connectivity index (χ3n) is 5.49. The van der Waals surface area contributed by atoms with E-state index >= 15 is 0 Å². The van der Waals surface area contributed by atoms with E-state index in [-0.39, 0.29) is 5.97 Å². The molecule has 1 unspecified atom stereocenters. The second-order valence-corrected chi connectivity index (χ2v) is 8.97. The molecule has 0 saturated heterocycles. The standard InChI is InChI=1S/C20H23IN2O2/c1-3-13-8-14-9-20(21,19(24)25-2)18-16(12-23(10-13)11-14)15-6-4-5-7-17(15)22-18/h4-8,14,22H,3,9-12H2,1-2H3/t14-,20-/m0/s1. The highest BCUT2D eigenvalue weighted by Gasteiger charge is 2.46. The van der Waals surface area contributed by atoms with Crippen LogP contribution in [0.2, 0.25) is 0 Å². The zero-order valence-corrected chi connectivity index (χ0v) is 16.8. The van der Waals surface area contributed by atoms with E-state index in [0.29, 0.717) is 5.92 Å². The summed E-state index contributed by atoms with van der Waals surface area (Å²) < 4.78 is 4.56. The molecule has 5 heteroatoms. The predicted octanol–water partition coefficient (Wildman–Crippen LogP) is 4.14. The number of rotatable bonds is 2. The number of alkyl halides is 1. The lowest BCUT2D eigenvalue weighted by molar-refractivity contribution is -0.143. The van der Waals surface area contributed by atoms with Gasteiger partial charge in [0.1, 0.15) is 0 Å². The minimum absolute atomic E-state index is 0.161. The Balaban J connectivity index is 1.92. The zero-order chi connectivity index (χ0) is 17.6. The molecular formula is C20H23IN2O2. The molecule has 1 N–H and O–H groups in total. The minimum atomic E-state index is -0.676. The van der Waals surface area contributed by atoms with E-state index in [9.17, 15) is 4.79 Å². The van der Waals surface area contributed by atoms with E-state index in [1.165, 1.54) is 23.6 Å². The number of hydrogen-bond donors (Lipinski definition) is 1. The molecule has 4 nitrogen and oxygen atoms in total. The van der Waals surface area contributed by atoms with Gasteiger partial charge in [0, 0.05) is 36.2 Å². The van der Waals surface area contributed by atoms with Gasteiger partial charge in [-0.05, 0) is 30.4 Å². The monoisotopic (exact) mass is 450 g/mol. The number of nitrogens with zero attached hydrogens (tertiary/aromatic N) is 1. The summed E-state index contributed by atoms with van der Waals surface area (Å²) in [5.74, 6) is 0.214. The molecule has 0 saturated carbocycles. The van der Waals surface area contributed by atoms with Crippen molar-refractivity contribution in [2.75, 3.05) is 20.2 Å². The molecule has 2 aromatic rings. The maximum Gasteiger partial charge on any atom is 0.327 e. The molecule has 2 aliphatic rings. The molecule has 2 bridgehead atoms. The lowest BCUT2D eigenvalue weighted by Crippen LogP contribution is -2.43. The normalized spacial score (nSPS) is 28.7. The molecule has 132 valence electrons. The number of halogens is 1. The van der Waals surface area contributed by atoms with Crippen molar-refractivity contribution in [1.82, 2.24) is 9.88 Å². The number of carbonyl (C=O) groups excluding carboxylic acids is 1. The first-order chi connectivity index (χ1) is 12.0. The molecule has 0 amide bonds. The molecule has 0 radical (unpaired) electrons. The van der Waals surface area contributed by atoms with Gasteiger partial charge in [0.25, 0.3) is 0 Å². The highest BCUT2D eigenvalue weighted by atomic mass is 127. The Bertz CT molecular complexity index is 856. The maximum atomic E-state index is 12.8. The number of H-pyrrole nitrogens is 1. The number of ether oxygens (including phenoxy) is 1. The molecule has 1 aromatic carbocycles. The molecule has 3 atom stereocenters. The quantitative estimate of drug-likeness (QED) is 0.324. The van der Waals surface area contributed by atoms with Crippen molar-refractivity contribution < 1.29 is 9.53 Å². The Morgan fingerprint density at radius 3 is 2.96 bits per heavy atom. The van der Waals surface area contributed by atoms with E-state index in [2.05, 4.69) is 63.7 Å². The molecule has 0 fully saturated rings. The maximum absolute atomic E-state index is 12.8. The van der Waals surface area contributed by atoms with Crippen LogP contribution >= 0.6 is 22.6 Å². The number of fused-ring (bicyclic) bond motifs is 5. The summed E-state index contributed by atoms with van der Waals surface area (Å²) in [7, 11) is 1.49. The van der Waals surface area contributed by atoms with Gasteiger partial charge in [0.05, 0.1) is 7.11 Å². The Hall–Kier alpha value is -1.34. The van der Waals surface area contributed by atoms with E-state index < -0.39 is 3.42 Å². The first-order valence-electron chi connectivity index (χ1n) is 8.84. The van der Waals surface area contributed by atoms with Crippen molar-refractivity contribution in [3.05, 3.63) is 47.2 Å². The molecular weight excluding hydrogens is 427 g/mol. The summed E-state index contributed by atoms with van der Waals surface area (Å²) in [6, 6.07) is 8.34. The fraction of sp³-hybridized carbons (Fsp3) is 0.450. The Morgan fingerprint density at radius 1 is 1.40 bits per heavy atom. The number of para-hydroxylation sites is 1. The Morgan fingerprint density at radius 2 is 2.20 bits per heavy atom. The lowest BCUT2D eigenvalue weighted by Gasteiger charge is -2.39. The van der Waals surface area contributed by atoms with Crippen LogP contribution in [0, 0.1) is 5.92 Å². The number of esters is 1. The van der Waals surface area contributed by atoms with Gasteiger partial charge >= 0.3 is 5.97 Å². The van der Waals surface area contributed by atoms with Crippen molar-refractivity contribution in [3.63, 3.8) is 0 Å². The smallest absolute Gasteiger partial charge is 0.327 e.